The van der Waals surface area contributed by atoms with Crippen molar-refractivity contribution in [2.45, 2.75) is 10.9 Å². The molecule has 0 N–H and O–H groups in total. The molecule has 90 valence electrons. The number of thioether (sulfide) groups is 1. The molecular formula is C10H9NO4S2. The molecule has 0 saturated carbocycles. The van der Waals surface area contributed by atoms with Crippen molar-refractivity contribution in [1.82, 2.24) is 4.98 Å². The third kappa shape index (κ3) is 2.39. The van der Waals surface area contributed by atoms with Gasteiger partial charge in [-0.2, -0.15) is 0 Å². The van der Waals surface area contributed by atoms with Gasteiger partial charge in [0.1, 0.15) is 5.92 Å². The van der Waals surface area contributed by atoms with E-state index in [9.17, 15) is 18.0 Å². The average Bonchev–Trinajstić information content (AvgIpc) is 2.58. The lowest BCUT2D eigenvalue weighted by molar-refractivity contribution is -0.122. The molecule has 1 aliphatic rings. The van der Waals surface area contributed by atoms with Crippen LogP contribution in [-0.4, -0.2) is 36.3 Å². The van der Waals surface area contributed by atoms with E-state index in [1.54, 1.807) is 0 Å². The van der Waals surface area contributed by atoms with Gasteiger partial charge in [-0.3, -0.25) is 9.59 Å². The molecule has 1 saturated heterocycles. The summed E-state index contributed by atoms with van der Waals surface area (Å²) in [6.07, 6.45) is 2.33. The van der Waals surface area contributed by atoms with E-state index < -0.39 is 15.8 Å². The molecule has 0 spiro atoms. The van der Waals surface area contributed by atoms with Crippen LogP contribution in [0, 0.1) is 0 Å². The highest BCUT2D eigenvalue weighted by atomic mass is 32.2. The van der Waals surface area contributed by atoms with Crippen molar-refractivity contribution in [2.24, 2.45) is 0 Å². The Kier molecular flexibility index (Phi) is 3.05. The molecule has 7 heteroatoms. The van der Waals surface area contributed by atoms with Crippen LogP contribution >= 0.6 is 11.8 Å². The molecule has 5 nitrogen and oxygen atoms in total. The molecule has 17 heavy (non-hydrogen) atoms. The highest BCUT2D eigenvalue weighted by Gasteiger charge is 2.35. The minimum atomic E-state index is -3.36. The Hall–Kier alpha value is -1.21. The van der Waals surface area contributed by atoms with Gasteiger partial charge in [0.25, 0.3) is 0 Å². The van der Waals surface area contributed by atoms with E-state index in [2.05, 4.69) is 4.98 Å². The molecule has 0 bridgehead atoms. The van der Waals surface area contributed by atoms with Gasteiger partial charge in [0.15, 0.2) is 20.6 Å². The zero-order valence-electron chi connectivity index (χ0n) is 8.91. The minimum absolute atomic E-state index is 0.0632. The second-order valence-electron chi connectivity index (χ2n) is 3.71. The summed E-state index contributed by atoms with van der Waals surface area (Å²) < 4.78 is 22.4. The first kappa shape index (κ1) is 12.3. The molecule has 0 radical (unpaired) electrons. The van der Waals surface area contributed by atoms with Crippen molar-refractivity contribution >= 4 is 32.5 Å². The van der Waals surface area contributed by atoms with Crippen LogP contribution in [0.3, 0.4) is 0 Å². The van der Waals surface area contributed by atoms with Gasteiger partial charge in [-0.05, 0) is 11.6 Å². The Morgan fingerprint density at radius 1 is 1.35 bits per heavy atom. The first-order chi connectivity index (χ1) is 7.89. The van der Waals surface area contributed by atoms with E-state index in [1.165, 1.54) is 18.3 Å². The number of ketones is 1. The number of hydrogen-bond acceptors (Lipinski definition) is 6. The Labute approximate surface area is 103 Å². The maximum Gasteiger partial charge on any atom is 0.204 e. The number of aromatic nitrogens is 1. The van der Waals surface area contributed by atoms with Gasteiger partial charge in [0, 0.05) is 12.5 Å². The van der Waals surface area contributed by atoms with Gasteiger partial charge < -0.3 is 0 Å². The molecule has 1 fully saturated rings. The lowest BCUT2D eigenvalue weighted by Gasteiger charge is -2.06. The largest absolute Gasteiger partial charge is 0.298 e. The molecule has 1 unspecified atom stereocenters. The van der Waals surface area contributed by atoms with Gasteiger partial charge in [-0.25, -0.2) is 13.4 Å². The fraction of sp³-hybridized carbons (Fsp3) is 0.300. The molecular weight excluding hydrogens is 262 g/mol. The van der Waals surface area contributed by atoms with Crippen molar-refractivity contribution in [1.29, 1.82) is 0 Å². The molecule has 1 aromatic rings. The predicted octanol–water partition coefficient (Wildman–Crippen LogP) is 0.411. The van der Waals surface area contributed by atoms with Gasteiger partial charge in [-0.1, -0.05) is 17.8 Å². The minimum Gasteiger partial charge on any atom is -0.298 e. The van der Waals surface area contributed by atoms with E-state index in [0.717, 1.165) is 18.0 Å². The summed E-state index contributed by atoms with van der Waals surface area (Å²) in [6.45, 7) is 0. The van der Waals surface area contributed by atoms with Crippen molar-refractivity contribution in [3.63, 3.8) is 0 Å². The maximum atomic E-state index is 11.5. The van der Waals surface area contributed by atoms with Crippen molar-refractivity contribution < 1.29 is 18.0 Å². The average molecular weight is 271 g/mol. The fourth-order valence-electron chi connectivity index (χ4n) is 1.54. The molecule has 2 rings (SSSR count). The summed E-state index contributed by atoms with van der Waals surface area (Å²) in [6, 6.07) is 2.78. The summed E-state index contributed by atoms with van der Waals surface area (Å²) >= 11 is 0.984. The van der Waals surface area contributed by atoms with E-state index >= 15 is 0 Å². The van der Waals surface area contributed by atoms with Crippen molar-refractivity contribution in [2.75, 3.05) is 12.0 Å². The first-order valence-corrected chi connectivity index (χ1v) is 7.62. The lowest BCUT2D eigenvalue weighted by Crippen LogP contribution is -2.13. The second kappa shape index (κ2) is 4.23. The zero-order chi connectivity index (χ0) is 12.6. The lowest BCUT2D eigenvalue weighted by atomic mass is 9.99. The highest BCUT2D eigenvalue weighted by molar-refractivity contribution is 8.15. The number of pyridine rings is 1. The Bertz CT molecular complexity index is 561. The van der Waals surface area contributed by atoms with Crippen LogP contribution in [0.25, 0.3) is 0 Å². The van der Waals surface area contributed by atoms with Crippen molar-refractivity contribution in [3.8, 4) is 0 Å². The smallest absolute Gasteiger partial charge is 0.204 e. The first-order valence-electron chi connectivity index (χ1n) is 4.75. The Morgan fingerprint density at radius 3 is 2.47 bits per heavy atom. The van der Waals surface area contributed by atoms with Crippen LogP contribution in [0.15, 0.2) is 23.4 Å². The zero-order valence-corrected chi connectivity index (χ0v) is 10.5. The molecule has 1 aliphatic heterocycles. The van der Waals surface area contributed by atoms with E-state index in [0.29, 0.717) is 5.56 Å². The summed E-state index contributed by atoms with van der Waals surface area (Å²) in [5, 5.41) is -0.268. The summed E-state index contributed by atoms with van der Waals surface area (Å²) in [5.41, 5.74) is 0.456. The van der Waals surface area contributed by atoms with Gasteiger partial charge in [-0.15, -0.1) is 0 Å². The van der Waals surface area contributed by atoms with Crippen LogP contribution < -0.4 is 0 Å². The quantitative estimate of drug-likeness (QED) is 0.725. The SMILES string of the molecule is CS(=O)(=O)c1ccc(C2C(=O)CSC2=O)cn1. The molecule has 1 atom stereocenters. The summed E-state index contributed by atoms with van der Waals surface area (Å²) in [5.74, 6) is -0.771. The normalized spacial score (nSPS) is 20.9. The van der Waals surface area contributed by atoms with Gasteiger partial charge >= 0.3 is 0 Å². The van der Waals surface area contributed by atoms with E-state index in [4.69, 9.17) is 0 Å². The van der Waals surface area contributed by atoms with E-state index in [1.807, 2.05) is 0 Å². The van der Waals surface area contributed by atoms with Crippen molar-refractivity contribution in [3.05, 3.63) is 23.9 Å². The Morgan fingerprint density at radius 2 is 2.06 bits per heavy atom. The van der Waals surface area contributed by atoms with Crippen LogP contribution in [0.5, 0.6) is 0 Å². The molecule has 0 aromatic carbocycles. The number of Topliss-reactive ketones (excluding diaryl/α,β-unsaturated/α-hetero) is 1. The van der Waals surface area contributed by atoms with Gasteiger partial charge in [0.2, 0.25) is 5.12 Å². The number of carbonyl (C=O) groups is 2. The van der Waals surface area contributed by atoms with Crippen LogP contribution in [0.2, 0.25) is 0 Å². The second-order valence-corrected chi connectivity index (χ2v) is 6.65. The third-order valence-corrected chi connectivity index (χ3v) is 4.34. The number of nitrogens with zero attached hydrogens (tertiary/aromatic N) is 1. The molecule has 0 aliphatic carbocycles. The molecule has 1 aromatic heterocycles. The Balaban J connectivity index is 2.36. The van der Waals surface area contributed by atoms with Crippen LogP contribution in [-0.2, 0) is 19.4 Å². The topological polar surface area (TPSA) is 81.2 Å². The number of hydrogen-bond donors (Lipinski definition) is 0. The number of sulfone groups is 1. The predicted molar refractivity (Wildman–Crippen MR) is 62.6 cm³/mol. The number of rotatable bonds is 2. The van der Waals surface area contributed by atoms with Gasteiger partial charge in [0.05, 0.1) is 5.75 Å². The maximum absolute atomic E-state index is 11.5. The van der Waals surface area contributed by atoms with Crippen LogP contribution in [0.4, 0.5) is 0 Å². The highest BCUT2D eigenvalue weighted by Crippen LogP contribution is 2.31. The molecule has 2 heterocycles. The van der Waals surface area contributed by atoms with Crippen LogP contribution in [0.1, 0.15) is 11.5 Å². The fourth-order valence-corrected chi connectivity index (χ4v) is 2.99. The van der Waals surface area contributed by atoms with E-state index in [-0.39, 0.29) is 21.7 Å². The summed E-state index contributed by atoms with van der Waals surface area (Å²) in [4.78, 5) is 26.7. The standard InChI is InChI=1S/C10H9NO4S2/c1-17(14,15)8-3-2-6(4-11-8)9-7(12)5-16-10(9)13/h2-4,9H,5H2,1H3. The number of carbonyl (C=O) groups excluding carboxylic acids is 2. The third-order valence-electron chi connectivity index (χ3n) is 2.39. The monoisotopic (exact) mass is 271 g/mol. The molecule has 0 amide bonds. The summed E-state index contributed by atoms with van der Waals surface area (Å²) in [7, 11) is -3.36.